The number of nitrogens with one attached hydrogen (secondary N) is 2. The number of nitrogens with zero attached hydrogens (tertiary/aromatic N) is 2. The summed E-state index contributed by atoms with van der Waals surface area (Å²) in [4.78, 5) is 2.46. The van der Waals surface area contributed by atoms with E-state index in [9.17, 15) is 5.26 Å². The van der Waals surface area contributed by atoms with Crippen molar-refractivity contribution in [2.75, 3.05) is 38.0 Å². The minimum Gasteiger partial charge on any atom is -0.460 e. The Morgan fingerprint density at radius 1 is 0.930 bits per heavy atom. The van der Waals surface area contributed by atoms with Gasteiger partial charge in [0.05, 0.1) is 24.2 Å². The summed E-state index contributed by atoms with van der Waals surface area (Å²) >= 11 is 0. The standard InChI is InChI=1S/C32H33N3O.C7H15N.C6H14.C5H10.C2H4/c1-6-23-13-24(16-33)29-15-31(35-30(29)14-23)28-12-8-11-27(21(28)4)26-10-7-9-25(20(26)3)22(5)36-32-18-34-17-19(32)2;1-4-8-5-7(2,3)6-8;1-3-5-6-4-2;1-4-5(2)3;1-2/h7-14,31,34-35H,5-6,15,17-18H2,1-4H3;4-6H2,1-3H3;3-6H2,1-2H3;4H,1-3H3;1-2H2. The summed E-state index contributed by atoms with van der Waals surface area (Å²) in [6.45, 7) is 41.8. The van der Waals surface area contributed by atoms with E-state index in [2.05, 4.69) is 166 Å². The second kappa shape index (κ2) is 24.4. The van der Waals surface area contributed by atoms with Crippen LogP contribution in [0.3, 0.4) is 0 Å². The van der Waals surface area contributed by atoms with Gasteiger partial charge in [0, 0.05) is 37.3 Å². The zero-order valence-corrected chi connectivity index (χ0v) is 38.0. The van der Waals surface area contributed by atoms with Crippen molar-refractivity contribution in [2.45, 2.75) is 128 Å². The molecule has 5 heteroatoms. The number of rotatable bonds is 10. The van der Waals surface area contributed by atoms with Gasteiger partial charge in [-0.05, 0) is 117 Å². The van der Waals surface area contributed by atoms with Crippen molar-refractivity contribution in [3.05, 3.63) is 130 Å². The lowest BCUT2D eigenvalue weighted by Crippen LogP contribution is -2.52. The van der Waals surface area contributed by atoms with Crippen molar-refractivity contribution in [3.8, 4) is 17.2 Å². The molecule has 57 heavy (non-hydrogen) atoms. The molecule has 0 amide bonds. The number of likely N-dealkylation sites (tertiary alicyclic amines) is 1. The largest absolute Gasteiger partial charge is 0.460 e. The summed E-state index contributed by atoms with van der Waals surface area (Å²) < 4.78 is 6.18. The lowest BCUT2D eigenvalue weighted by molar-refractivity contribution is 0.0364. The summed E-state index contributed by atoms with van der Waals surface area (Å²) in [7, 11) is 0. The quantitative estimate of drug-likeness (QED) is 0.122. The predicted octanol–water partition coefficient (Wildman–Crippen LogP) is 13.7. The van der Waals surface area contributed by atoms with Crippen molar-refractivity contribution < 1.29 is 4.74 Å². The number of nitriles is 1. The Morgan fingerprint density at radius 2 is 1.53 bits per heavy atom. The Morgan fingerprint density at radius 3 is 2.00 bits per heavy atom. The zero-order chi connectivity index (χ0) is 42.7. The number of fused-ring (bicyclic) bond motifs is 1. The minimum absolute atomic E-state index is 0.144. The fraction of sp³-hybridized carbons (Fsp3) is 0.481. The molecule has 1 saturated heterocycles. The molecule has 3 heterocycles. The smallest absolute Gasteiger partial charge is 0.127 e. The number of allylic oxidation sites excluding steroid dienone is 2. The van der Waals surface area contributed by atoms with Crippen LogP contribution < -0.4 is 10.6 Å². The maximum atomic E-state index is 9.73. The maximum Gasteiger partial charge on any atom is 0.127 e. The number of benzene rings is 3. The van der Waals surface area contributed by atoms with E-state index in [1.807, 2.05) is 13.0 Å². The topological polar surface area (TPSA) is 60.3 Å². The van der Waals surface area contributed by atoms with Gasteiger partial charge in [0.15, 0.2) is 0 Å². The first-order chi connectivity index (χ1) is 27.2. The molecular weight excluding hydrogens is 697 g/mol. The zero-order valence-electron chi connectivity index (χ0n) is 38.0. The highest BCUT2D eigenvalue weighted by atomic mass is 16.5. The molecule has 3 aliphatic heterocycles. The highest BCUT2D eigenvalue weighted by Gasteiger charge is 2.32. The van der Waals surface area contributed by atoms with E-state index < -0.39 is 0 Å². The third kappa shape index (κ3) is 14.2. The van der Waals surface area contributed by atoms with Gasteiger partial charge in [0.1, 0.15) is 11.5 Å². The molecule has 310 valence electrons. The third-order valence-corrected chi connectivity index (χ3v) is 10.9. The van der Waals surface area contributed by atoms with E-state index in [1.165, 1.54) is 84.3 Å². The molecule has 0 radical (unpaired) electrons. The second-order valence-corrected chi connectivity index (χ2v) is 16.4. The van der Waals surface area contributed by atoms with Crippen molar-refractivity contribution in [3.63, 3.8) is 0 Å². The van der Waals surface area contributed by atoms with Crippen LogP contribution in [0.1, 0.15) is 140 Å². The van der Waals surface area contributed by atoms with E-state index in [4.69, 9.17) is 4.74 Å². The van der Waals surface area contributed by atoms with Crippen molar-refractivity contribution in [1.82, 2.24) is 10.2 Å². The van der Waals surface area contributed by atoms with E-state index in [1.54, 1.807) is 0 Å². The Balaban J connectivity index is 0.000000437. The molecule has 0 aromatic heterocycles. The van der Waals surface area contributed by atoms with Crippen LogP contribution in [0.15, 0.2) is 91.2 Å². The molecule has 3 aliphatic rings. The summed E-state index contributed by atoms with van der Waals surface area (Å²) in [6.07, 6.45) is 9.36. The van der Waals surface area contributed by atoms with Crippen LogP contribution >= 0.6 is 0 Å². The first kappa shape index (κ1) is 48.8. The summed E-state index contributed by atoms with van der Waals surface area (Å²) in [5, 5.41) is 16.8. The molecule has 1 fully saturated rings. The molecule has 0 saturated carbocycles. The van der Waals surface area contributed by atoms with Crippen molar-refractivity contribution in [1.29, 1.82) is 5.26 Å². The van der Waals surface area contributed by atoms with Crippen LogP contribution in [0.2, 0.25) is 0 Å². The number of hydrogen-bond donors (Lipinski definition) is 2. The van der Waals surface area contributed by atoms with Crippen molar-refractivity contribution >= 4 is 11.4 Å². The molecular formula is C52H76N4O. The van der Waals surface area contributed by atoms with Gasteiger partial charge in [-0.2, -0.15) is 5.26 Å². The van der Waals surface area contributed by atoms with Gasteiger partial charge in [0.2, 0.25) is 0 Å². The van der Waals surface area contributed by atoms with E-state index in [0.717, 1.165) is 59.6 Å². The maximum absolute atomic E-state index is 9.73. The summed E-state index contributed by atoms with van der Waals surface area (Å²) in [6, 6.07) is 19.7. The number of ether oxygens (including phenoxy) is 1. The molecule has 0 aliphatic carbocycles. The highest BCUT2D eigenvalue weighted by molar-refractivity contribution is 5.78. The van der Waals surface area contributed by atoms with E-state index in [0.29, 0.717) is 11.2 Å². The van der Waals surface area contributed by atoms with Crippen LogP contribution in [0.5, 0.6) is 0 Å². The Bertz CT molecular complexity index is 1840. The van der Waals surface area contributed by atoms with Crippen LogP contribution in [0.4, 0.5) is 5.69 Å². The number of anilines is 1. The van der Waals surface area contributed by atoms with Crippen LogP contribution in [-0.4, -0.2) is 37.6 Å². The second-order valence-electron chi connectivity index (χ2n) is 16.4. The van der Waals surface area contributed by atoms with Crippen LogP contribution in [0, 0.1) is 30.6 Å². The highest BCUT2D eigenvalue weighted by Crippen LogP contribution is 2.41. The Labute approximate surface area is 349 Å². The van der Waals surface area contributed by atoms with Gasteiger partial charge in [-0.1, -0.05) is 122 Å². The van der Waals surface area contributed by atoms with Gasteiger partial charge in [-0.3, -0.25) is 0 Å². The van der Waals surface area contributed by atoms with Gasteiger partial charge in [0.25, 0.3) is 0 Å². The molecule has 5 nitrogen and oxygen atoms in total. The third-order valence-electron chi connectivity index (χ3n) is 10.9. The van der Waals surface area contributed by atoms with E-state index in [-0.39, 0.29) is 6.04 Å². The van der Waals surface area contributed by atoms with Gasteiger partial charge in [-0.25, -0.2) is 0 Å². The SMILES string of the molecule is C=C.C=C(OC1=C(C)CNC1)c1cccc(-c2cccc(C3Cc4c(C#N)cc(CC)cc4N3)c2C)c1C.CC=C(C)C.CCCCCC.CCN1CC(C)(C)C1. The molecule has 0 bridgehead atoms. The lowest BCUT2D eigenvalue weighted by Gasteiger charge is -2.45. The number of unbranched alkanes of at least 4 members (excludes halogenated alkanes) is 3. The number of aryl methyl sites for hydroxylation is 1. The predicted molar refractivity (Wildman–Crippen MR) is 250 cm³/mol. The molecule has 6 rings (SSSR count). The van der Waals surface area contributed by atoms with Crippen molar-refractivity contribution in [2.24, 2.45) is 5.41 Å². The summed E-state index contributed by atoms with van der Waals surface area (Å²) in [5.41, 5.74) is 14.5. The summed E-state index contributed by atoms with van der Waals surface area (Å²) in [5.74, 6) is 1.66. The van der Waals surface area contributed by atoms with Crippen LogP contribution in [0.25, 0.3) is 16.9 Å². The average molecular weight is 773 g/mol. The number of hydrogen-bond acceptors (Lipinski definition) is 5. The monoisotopic (exact) mass is 773 g/mol. The van der Waals surface area contributed by atoms with Gasteiger partial charge in [-0.15, -0.1) is 13.2 Å². The normalized spacial score (nSPS) is 15.9. The molecule has 1 atom stereocenters. The van der Waals surface area contributed by atoms with Gasteiger partial charge >= 0.3 is 0 Å². The average Bonchev–Trinajstić information content (AvgIpc) is 3.82. The van der Waals surface area contributed by atoms with Crippen LogP contribution in [-0.2, 0) is 17.6 Å². The first-order valence-corrected chi connectivity index (χ1v) is 21.3. The fourth-order valence-corrected chi connectivity index (χ4v) is 7.40. The molecule has 3 aromatic rings. The molecule has 2 N–H and O–H groups in total. The minimum atomic E-state index is 0.144. The molecule has 0 spiro atoms. The first-order valence-electron chi connectivity index (χ1n) is 21.3. The lowest BCUT2D eigenvalue weighted by atomic mass is 9.85. The van der Waals surface area contributed by atoms with E-state index >= 15 is 0 Å². The Kier molecular flexibility index (Phi) is 20.9. The molecule has 3 aromatic carbocycles. The fourth-order valence-electron chi connectivity index (χ4n) is 7.40. The molecule has 1 unspecified atom stereocenters. The Hall–Kier alpha value is -4.37. The van der Waals surface area contributed by atoms with Gasteiger partial charge < -0.3 is 20.3 Å².